The van der Waals surface area contributed by atoms with E-state index in [0.717, 1.165) is 18.2 Å². The maximum Gasteiger partial charge on any atom is 0.438 e. The largest absolute Gasteiger partial charge is 0.486 e. The Morgan fingerprint density at radius 1 is 1.29 bits per heavy atom. The number of hydrogen-bond acceptors (Lipinski definition) is 4. The van der Waals surface area contributed by atoms with Gasteiger partial charge in [-0.25, -0.2) is 9.18 Å². The number of rotatable bonds is 4. The summed E-state index contributed by atoms with van der Waals surface area (Å²) >= 11 is 6.12. The highest BCUT2D eigenvalue weighted by Gasteiger charge is 2.20. The molecule has 1 amide bonds. The zero-order valence-electron chi connectivity index (χ0n) is 13.5. The lowest BCUT2D eigenvalue weighted by Crippen LogP contribution is -2.28. The fourth-order valence-corrected chi connectivity index (χ4v) is 2.31. The highest BCUT2D eigenvalue weighted by Crippen LogP contribution is 2.30. The van der Waals surface area contributed by atoms with Crippen LogP contribution >= 0.6 is 11.6 Å². The van der Waals surface area contributed by atoms with Gasteiger partial charge in [-0.2, -0.15) is 5.06 Å². The van der Waals surface area contributed by atoms with Crippen molar-refractivity contribution < 1.29 is 23.9 Å². The third kappa shape index (κ3) is 3.77. The molecule has 0 aliphatic rings. The van der Waals surface area contributed by atoms with Gasteiger partial charge in [-0.05, 0) is 49.2 Å². The molecule has 2 aromatic carbocycles. The summed E-state index contributed by atoms with van der Waals surface area (Å²) in [6, 6.07) is 7.57. The molecule has 0 spiro atoms. The number of methoxy groups -OCH3 is 1. The maximum atomic E-state index is 14.0. The summed E-state index contributed by atoms with van der Waals surface area (Å²) < 4.78 is 23.9. The first-order valence-corrected chi connectivity index (χ1v) is 7.46. The first-order valence-electron chi connectivity index (χ1n) is 7.09. The second-order valence-corrected chi connectivity index (χ2v) is 5.58. The topological polar surface area (TPSA) is 59.0 Å². The Kier molecular flexibility index (Phi) is 5.64. The van der Waals surface area contributed by atoms with E-state index in [4.69, 9.17) is 16.3 Å². The average Bonchev–Trinajstić information content (AvgIpc) is 2.56. The number of halogens is 2. The molecular weight excluding hydrogens is 337 g/mol. The molecule has 0 bridgehead atoms. The van der Waals surface area contributed by atoms with Crippen LogP contribution in [0.15, 0.2) is 30.3 Å². The molecule has 128 valence electrons. The van der Waals surface area contributed by atoms with Crippen molar-refractivity contribution >= 4 is 23.4 Å². The molecule has 2 rings (SSSR count). The van der Waals surface area contributed by atoms with E-state index in [1.807, 2.05) is 6.92 Å². The van der Waals surface area contributed by atoms with Crippen molar-refractivity contribution in [1.29, 1.82) is 0 Å². The number of amides is 1. The predicted molar refractivity (Wildman–Crippen MR) is 88.3 cm³/mol. The first kappa shape index (κ1) is 18.0. The first-order chi connectivity index (χ1) is 11.3. The van der Waals surface area contributed by atoms with Gasteiger partial charge >= 0.3 is 6.09 Å². The molecule has 0 aromatic heterocycles. The van der Waals surface area contributed by atoms with Crippen LogP contribution in [-0.4, -0.2) is 18.4 Å². The van der Waals surface area contributed by atoms with Crippen LogP contribution in [-0.2, 0) is 11.3 Å². The summed E-state index contributed by atoms with van der Waals surface area (Å²) in [5.41, 5.74) is 2.11. The quantitative estimate of drug-likeness (QED) is 0.642. The smallest absolute Gasteiger partial charge is 0.438 e. The van der Waals surface area contributed by atoms with E-state index in [-0.39, 0.29) is 23.1 Å². The van der Waals surface area contributed by atoms with Crippen LogP contribution in [0.3, 0.4) is 0 Å². The molecule has 24 heavy (non-hydrogen) atoms. The molecule has 0 atom stereocenters. The van der Waals surface area contributed by atoms with Crippen LogP contribution in [0, 0.1) is 19.7 Å². The normalized spacial score (nSPS) is 10.4. The van der Waals surface area contributed by atoms with Gasteiger partial charge in [0.05, 0.1) is 12.8 Å². The highest BCUT2D eigenvalue weighted by molar-refractivity contribution is 6.31. The molecule has 0 aliphatic carbocycles. The van der Waals surface area contributed by atoms with Gasteiger partial charge in [-0.1, -0.05) is 17.7 Å². The van der Waals surface area contributed by atoms with Gasteiger partial charge in [0.2, 0.25) is 0 Å². The summed E-state index contributed by atoms with van der Waals surface area (Å²) in [7, 11) is 1.14. The van der Waals surface area contributed by atoms with E-state index in [2.05, 4.69) is 4.74 Å². The number of carbonyl (C=O) groups excluding carboxylic acids is 1. The van der Waals surface area contributed by atoms with Gasteiger partial charge in [0.25, 0.3) is 0 Å². The van der Waals surface area contributed by atoms with E-state index >= 15 is 0 Å². The number of anilines is 1. The van der Waals surface area contributed by atoms with Gasteiger partial charge < -0.3 is 9.47 Å². The van der Waals surface area contributed by atoms with Crippen LogP contribution < -0.4 is 9.80 Å². The summed E-state index contributed by atoms with van der Waals surface area (Å²) in [5.74, 6) is -0.438. The molecule has 1 N–H and O–H groups in total. The van der Waals surface area contributed by atoms with Gasteiger partial charge in [0.15, 0.2) is 11.6 Å². The molecular formula is C17H17ClFNO4. The number of hydrogen-bond donors (Lipinski definition) is 1. The molecule has 2 aromatic rings. The lowest BCUT2D eigenvalue weighted by Gasteiger charge is -2.19. The van der Waals surface area contributed by atoms with Gasteiger partial charge in [0, 0.05) is 10.6 Å². The van der Waals surface area contributed by atoms with Crippen molar-refractivity contribution in [3.63, 3.8) is 0 Å². The van der Waals surface area contributed by atoms with Crippen molar-refractivity contribution in [2.75, 3.05) is 12.2 Å². The number of benzene rings is 2. The van der Waals surface area contributed by atoms with E-state index in [1.54, 1.807) is 25.1 Å². The monoisotopic (exact) mass is 353 g/mol. The van der Waals surface area contributed by atoms with Crippen molar-refractivity contribution in [3.05, 3.63) is 57.9 Å². The number of nitrogens with zero attached hydrogens (tertiary/aromatic N) is 1. The Balaban J connectivity index is 2.30. The minimum atomic E-state index is -0.976. The van der Waals surface area contributed by atoms with E-state index < -0.39 is 11.9 Å². The Morgan fingerprint density at radius 3 is 2.62 bits per heavy atom. The van der Waals surface area contributed by atoms with Crippen LogP contribution in [0.2, 0.25) is 5.02 Å². The van der Waals surface area contributed by atoms with Crippen LogP contribution in [0.1, 0.15) is 16.7 Å². The van der Waals surface area contributed by atoms with Crippen LogP contribution in [0.5, 0.6) is 5.75 Å². The van der Waals surface area contributed by atoms with E-state index in [0.29, 0.717) is 10.6 Å². The van der Waals surface area contributed by atoms with Gasteiger partial charge in [-0.15, -0.1) is 0 Å². The third-order valence-electron chi connectivity index (χ3n) is 3.59. The van der Waals surface area contributed by atoms with Crippen molar-refractivity contribution in [1.82, 2.24) is 0 Å². The molecule has 0 unspecified atom stereocenters. The fourth-order valence-electron chi connectivity index (χ4n) is 2.09. The van der Waals surface area contributed by atoms with E-state index in [9.17, 15) is 14.4 Å². The predicted octanol–water partition coefficient (Wildman–Crippen LogP) is 4.64. The Morgan fingerprint density at radius 2 is 1.96 bits per heavy atom. The Hall–Kier alpha value is -2.31. The standard InChI is InChI=1S/C17H17ClFNO4/c1-10-7-14(19)16(8-11(10)2)24-9-12-13(18)5-4-6-15(12)20(22)17(21)23-3/h4-8,22H,9H2,1-3H3. The number of hydroxylamine groups is 1. The summed E-state index contributed by atoms with van der Waals surface area (Å²) in [4.78, 5) is 11.5. The number of aryl methyl sites for hydroxylation is 2. The second-order valence-electron chi connectivity index (χ2n) is 5.17. The second kappa shape index (κ2) is 7.51. The van der Waals surface area contributed by atoms with Crippen molar-refractivity contribution in [2.24, 2.45) is 0 Å². The summed E-state index contributed by atoms with van der Waals surface area (Å²) in [6.07, 6.45) is -0.976. The molecule has 0 heterocycles. The number of carbonyl (C=O) groups is 1. The van der Waals surface area contributed by atoms with E-state index in [1.165, 1.54) is 12.1 Å². The lowest BCUT2D eigenvalue weighted by molar-refractivity contribution is 0.140. The lowest BCUT2D eigenvalue weighted by atomic mass is 10.1. The molecule has 5 nitrogen and oxygen atoms in total. The molecule has 0 aliphatic heterocycles. The molecule has 7 heteroatoms. The van der Waals surface area contributed by atoms with Gasteiger partial charge in [0.1, 0.15) is 6.61 Å². The Labute approximate surface area is 144 Å². The summed E-state index contributed by atoms with van der Waals surface area (Å²) in [5, 5.41) is 10.5. The van der Waals surface area contributed by atoms with Gasteiger partial charge in [-0.3, -0.25) is 5.21 Å². The third-order valence-corrected chi connectivity index (χ3v) is 3.94. The van der Waals surface area contributed by atoms with Crippen molar-refractivity contribution in [3.8, 4) is 5.75 Å². The maximum absolute atomic E-state index is 14.0. The SMILES string of the molecule is COC(=O)N(O)c1cccc(Cl)c1COc1cc(C)c(C)cc1F. The number of ether oxygens (including phenoxy) is 2. The molecule has 0 radical (unpaired) electrons. The van der Waals surface area contributed by atoms with Crippen LogP contribution in [0.25, 0.3) is 0 Å². The molecule has 0 fully saturated rings. The Bertz CT molecular complexity index is 766. The zero-order chi connectivity index (χ0) is 17.9. The summed E-state index contributed by atoms with van der Waals surface area (Å²) in [6.45, 7) is 3.51. The van der Waals surface area contributed by atoms with Crippen LogP contribution in [0.4, 0.5) is 14.9 Å². The van der Waals surface area contributed by atoms with Crippen molar-refractivity contribution in [2.45, 2.75) is 20.5 Å². The average molecular weight is 354 g/mol. The highest BCUT2D eigenvalue weighted by atomic mass is 35.5. The fraction of sp³-hybridized carbons (Fsp3) is 0.235. The molecule has 0 saturated carbocycles. The molecule has 0 saturated heterocycles. The minimum absolute atomic E-state index is 0.0616. The zero-order valence-corrected chi connectivity index (χ0v) is 14.2. The minimum Gasteiger partial charge on any atom is -0.486 e.